The molecule has 2 aromatic carbocycles. The van der Waals surface area contributed by atoms with Crippen LogP contribution < -0.4 is 14.8 Å². The highest BCUT2D eigenvalue weighted by atomic mass is 32.2. The molecule has 3 nitrogen and oxygen atoms in total. The Kier molecular flexibility index (Phi) is 4.68. The van der Waals surface area contributed by atoms with Crippen LogP contribution in [0.1, 0.15) is 12.5 Å². The molecule has 0 spiro atoms. The van der Waals surface area contributed by atoms with Crippen molar-refractivity contribution in [2.75, 3.05) is 19.8 Å². The first-order chi connectivity index (χ1) is 10.3. The van der Waals surface area contributed by atoms with E-state index in [2.05, 4.69) is 42.6 Å². The van der Waals surface area contributed by atoms with Gasteiger partial charge in [-0.25, -0.2) is 0 Å². The Morgan fingerprint density at radius 2 is 1.67 bits per heavy atom. The molecule has 1 aliphatic rings. The lowest BCUT2D eigenvalue weighted by atomic mass is 10.2. The summed E-state index contributed by atoms with van der Waals surface area (Å²) in [6.45, 7) is 5.29. The maximum absolute atomic E-state index is 5.62. The van der Waals surface area contributed by atoms with Gasteiger partial charge >= 0.3 is 0 Å². The Labute approximate surface area is 129 Å². The number of hydrogen-bond donors (Lipinski definition) is 1. The molecule has 21 heavy (non-hydrogen) atoms. The molecule has 0 saturated heterocycles. The number of fused-ring (bicyclic) bond motifs is 1. The largest absolute Gasteiger partial charge is 0.486 e. The standard InChI is InChI=1S/C17H19NO2S/c1-2-18-12-13-3-5-14(6-4-13)21-15-7-8-16-17(11-15)20-10-9-19-16/h3-8,11,18H,2,9-10,12H2,1H3. The summed E-state index contributed by atoms with van der Waals surface area (Å²) in [5.41, 5.74) is 1.31. The molecular formula is C17H19NO2S. The summed E-state index contributed by atoms with van der Waals surface area (Å²) in [6, 6.07) is 14.8. The number of benzene rings is 2. The van der Waals surface area contributed by atoms with Crippen molar-refractivity contribution < 1.29 is 9.47 Å². The van der Waals surface area contributed by atoms with E-state index in [9.17, 15) is 0 Å². The van der Waals surface area contributed by atoms with Crippen LogP contribution in [0.5, 0.6) is 11.5 Å². The molecule has 3 rings (SSSR count). The summed E-state index contributed by atoms with van der Waals surface area (Å²) in [5.74, 6) is 1.68. The normalized spacial score (nSPS) is 13.2. The fourth-order valence-electron chi connectivity index (χ4n) is 2.17. The van der Waals surface area contributed by atoms with Crippen molar-refractivity contribution in [3.63, 3.8) is 0 Å². The molecule has 4 heteroatoms. The zero-order valence-electron chi connectivity index (χ0n) is 12.1. The molecule has 1 N–H and O–H groups in total. The van der Waals surface area contributed by atoms with E-state index < -0.39 is 0 Å². The molecule has 0 fully saturated rings. The van der Waals surface area contributed by atoms with E-state index in [0.29, 0.717) is 13.2 Å². The highest BCUT2D eigenvalue weighted by Gasteiger charge is 2.12. The van der Waals surface area contributed by atoms with Gasteiger partial charge in [0, 0.05) is 16.3 Å². The SMILES string of the molecule is CCNCc1ccc(Sc2ccc3c(c2)OCCO3)cc1. The van der Waals surface area contributed by atoms with Crippen LogP contribution in [-0.2, 0) is 6.54 Å². The van der Waals surface area contributed by atoms with Crippen molar-refractivity contribution in [2.24, 2.45) is 0 Å². The van der Waals surface area contributed by atoms with Crippen molar-refractivity contribution in [3.8, 4) is 11.5 Å². The van der Waals surface area contributed by atoms with Crippen LogP contribution in [0.15, 0.2) is 52.3 Å². The topological polar surface area (TPSA) is 30.5 Å². The van der Waals surface area contributed by atoms with E-state index in [4.69, 9.17) is 9.47 Å². The second-order valence-corrected chi connectivity index (χ2v) is 5.98. The van der Waals surface area contributed by atoms with E-state index in [0.717, 1.165) is 24.6 Å². The first-order valence-electron chi connectivity index (χ1n) is 7.22. The van der Waals surface area contributed by atoms with E-state index in [-0.39, 0.29) is 0 Å². The predicted molar refractivity (Wildman–Crippen MR) is 85.4 cm³/mol. The Bertz CT molecular complexity index is 598. The third-order valence-corrected chi connectivity index (χ3v) is 4.25. The average Bonchev–Trinajstić information content (AvgIpc) is 2.54. The minimum Gasteiger partial charge on any atom is -0.486 e. The van der Waals surface area contributed by atoms with E-state index in [1.165, 1.54) is 15.4 Å². The van der Waals surface area contributed by atoms with Gasteiger partial charge in [0.1, 0.15) is 13.2 Å². The molecule has 0 amide bonds. The van der Waals surface area contributed by atoms with Gasteiger partial charge in [0.05, 0.1) is 0 Å². The lowest BCUT2D eigenvalue weighted by Gasteiger charge is -2.18. The van der Waals surface area contributed by atoms with Crippen LogP contribution in [0.3, 0.4) is 0 Å². The quantitative estimate of drug-likeness (QED) is 0.912. The van der Waals surface area contributed by atoms with Crippen molar-refractivity contribution in [1.82, 2.24) is 5.32 Å². The zero-order chi connectivity index (χ0) is 14.5. The Morgan fingerprint density at radius 3 is 2.43 bits per heavy atom. The van der Waals surface area contributed by atoms with Gasteiger partial charge in [0.15, 0.2) is 11.5 Å². The molecule has 0 atom stereocenters. The number of rotatable bonds is 5. The highest BCUT2D eigenvalue weighted by Crippen LogP contribution is 2.36. The lowest BCUT2D eigenvalue weighted by molar-refractivity contribution is 0.171. The second-order valence-electron chi connectivity index (χ2n) is 4.83. The molecular weight excluding hydrogens is 282 g/mol. The number of ether oxygens (including phenoxy) is 2. The molecule has 0 saturated carbocycles. The van der Waals surface area contributed by atoms with E-state index in [1.807, 2.05) is 12.1 Å². The maximum atomic E-state index is 5.62. The number of nitrogens with one attached hydrogen (secondary N) is 1. The van der Waals surface area contributed by atoms with Gasteiger partial charge in [0.2, 0.25) is 0 Å². The summed E-state index contributed by atoms with van der Waals surface area (Å²) in [6.07, 6.45) is 0. The lowest BCUT2D eigenvalue weighted by Crippen LogP contribution is -2.15. The van der Waals surface area contributed by atoms with Gasteiger partial charge < -0.3 is 14.8 Å². The fourth-order valence-corrected chi connectivity index (χ4v) is 3.01. The molecule has 1 heterocycles. The zero-order valence-corrected chi connectivity index (χ0v) is 12.9. The van der Waals surface area contributed by atoms with Crippen LogP contribution in [-0.4, -0.2) is 19.8 Å². The van der Waals surface area contributed by atoms with Gasteiger partial charge in [-0.1, -0.05) is 30.8 Å². The van der Waals surface area contributed by atoms with Gasteiger partial charge in [-0.05, 0) is 42.4 Å². The van der Waals surface area contributed by atoms with Crippen molar-refractivity contribution in [2.45, 2.75) is 23.3 Å². The molecule has 0 bridgehead atoms. The first kappa shape index (κ1) is 14.3. The summed E-state index contributed by atoms with van der Waals surface area (Å²) in [4.78, 5) is 2.39. The number of hydrogen-bond acceptors (Lipinski definition) is 4. The second kappa shape index (κ2) is 6.87. The van der Waals surface area contributed by atoms with Crippen LogP contribution in [0.2, 0.25) is 0 Å². The molecule has 0 unspecified atom stereocenters. The van der Waals surface area contributed by atoms with Crippen LogP contribution in [0.4, 0.5) is 0 Å². The van der Waals surface area contributed by atoms with Crippen molar-refractivity contribution in [3.05, 3.63) is 48.0 Å². The Balaban J connectivity index is 1.68. The smallest absolute Gasteiger partial charge is 0.162 e. The van der Waals surface area contributed by atoms with Crippen LogP contribution >= 0.6 is 11.8 Å². The third kappa shape index (κ3) is 3.71. The van der Waals surface area contributed by atoms with Crippen LogP contribution in [0.25, 0.3) is 0 Å². The van der Waals surface area contributed by atoms with E-state index >= 15 is 0 Å². The predicted octanol–water partition coefficient (Wildman–Crippen LogP) is 3.72. The Morgan fingerprint density at radius 1 is 0.952 bits per heavy atom. The summed E-state index contributed by atoms with van der Waals surface area (Å²) < 4.78 is 11.2. The molecule has 0 aromatic heterocycles. The molecule has 0 aliphatic carbocycles. The monoisotopic (exact) mass is 301 g/mol. The maximum Gasteiger partial charge on any atom is 0.162 e. The first-order valence-corrected chi connectivity index (χ1v) is 8.04. The van der Waals surface area contributed by atoms with Gasteiger partial charge in [-0.15, -0.1) is 0 Å². The molecule has 110 valence electrons. The van der Waals surface area contributed by atoms with Gasteiger partial charge in [-0.3, -0.25) is 0 Å². The minimum absolute atomic E-state index is 0.625. The average molecular weight is 301 g/mol. The minimum atomic E-state index is 0.625. The molecule has 1 aliphatic heterocycles. The Hall–Kier alpha value is -1.65. The van der Waals surface area contributed by atoms with Crippen molar-refractivity contribution >= 4 is 11.8 Å². The van der Waals surface area contributed by atoms with Crippen LogP contribution in [0, 0.1) is 0 Å². The molecule has 2 aromatic rings. The summed E-state index contributed by atoms with van der Waals surface area (Å²) >= 11 is 1.74. The van der Waals surface area contributed by atoms with Crippen molar-refractivity contribution in [1.29, 1.82) is 0 Å². The summed E-state index contributed by atoms with van der Waals surface area (Å²) in [7, 11) is 0. The molecule has 0 radical (unpaired) electrons. The van der Waals surface area contributed by atoms with Gasteiger partial charge in [0.25, 0.3) is 0 Å². The summed E-state index contributed by atoms with van der Waals surface area (Å²) in [5, 5.41) is 3.33. The van der Waals surface area contributed by atoms with Gasteiger partial charge in [-0.2, -0.15) is 0 Å². The van der Waals surface area contributed by atoms with E-state index in [1.54, 1.807) is 11.8 Å². The highest BCUT2D eigenvalue weighted by molar-refractivity contribution is 7.99. The fraction of sp³-hybridized carbons (Fsp3) is 0.294. The third-order valence-electron chi connectivity index (χ3n) is 3.25.